The maximum atomic E-state index is 8.81. The molecule has 0 fully saturated rings. The molecule has 0 spiro atoms. The Morgan fingerprint density at radius 1 is 1.54 bits per heavy atom. The Kier molecular flexibility index (Phi) is 4.14. The quantitative estimate of drug-likeness (QED) is 0.566. The number of hydrogen-bond acceptors (Lipinski definition) is 2. The Balaban J connectivity index is 2.82. The van der Waals surface area contributed by atoms with Crippen LogP contribution in [0.1, 0.15) is 12.5 Å². The van der Waals surface area contributed by atoms with Crippen molar-refractivity contribution >= 4 is 23.4 Å². The van der Waals surface area contributed by atoms with Gasteiger partial charge >= 0.3 is 0 Å². The van der Waals surface area contributed by atoms with Crippen molar-refractivity contribution in [2.75, 3.05) is 5.88 Å². The van der Waals surface area contributed by atoms with E-state index in [2.05, 4.69) is 6.07 Å². The van der Waals surface area contributed by atoms with Crippen LogP contribution >= 0.6 is 23.4 Å². The number of nitriles is 1. The summed E-state index contributed by atoms with van der Waals surface area (Å²) in [6.07, 6.45) is 0. The van der Waals surface area contributed by atoms with Gasteiger partial charge in [0.15, 0.2) is 0 Å². The molecule has 1 aromatic rings. The molecule has 0 aliphatic heterocycles. The van der Waals surface area contributed by atoms with Gasteiger partial charge in [-0.1, -0.05) is 19.1 Å². The number of nitrogens with zero attached hydrogens (tertiary/aromatic N) is 1. The summed E-state index contributed by atoms with van der Waals surface area (Å²) in [6, 6.07) is 9.74. The molecule has 0 radical (unpaired) electrons. The highest BCUT2D eigenvalue weighted by molar-refractivity contribution is 8.00. The lowest BCUT2D eigenvalue weighted by molar-refractivity contribution is 1.12. The molecule has 0 amide bonds. The molecule has 0 aromatic heterocycles. The zero-order valence-electron chi connectivity index (χ0n) is 7.33. The maximum Gasteiger partial charge on any atom is 0.100 e. The van der Waals surface area contributed by atoms with Gasteiger partial charge in [0.1, 0.15) is 6.07 Å². The second-order valence-electron chi connectivity index (χ2n) is 2.69. The monoisotopic (exact) mass is 211 g/mol. The van der Waals surface area contributed by atoms with Gasteiger partial charge < -0.3 is 0 Å². The predicted molar refractivity (Wildman–Crippen MR) is 57.2 cm³/mol. The minimum absolute atomic E-state index is 0.344. The number of halogens is 1. The molecule has 3 heteroatoms. The standard InChI is InChI=1S/C10H10ClNS/c1-8(6-11)13-10-5-3-2-4-9(10)7-12/h2-5,8H,6H2,1H3. The van der Waals surface area contributed by atoms with Gasteiger partial charge in [0.2, 0.25) is 0 Å². The molecule has 68 valence electrons. The van der Waals surface area contributed by atoms with Gasteiger partial charge in [-0.2, -0.15) is 5.26 Å². The van der Waals surface area contributed by atoms with Gasteiger partial charge in [0.25, 0.3) is 0 Å². The normalized spacial score (nSPS) is 12.1. The number of thioether (sulfide) groups is 1. The van der Waals surface area contributed by atoms with E-state index < -0.39 is 0 Å². The topological polar surface area (TPSA) is 23.8 Å². The average Bonchev–Trinajstić information content (AvgIpc) is 2.18. The fraction of sp³-hybridized carbons (Fsp3) is 0.300. The van der Waals surface area contributed by atoms with Crippen LogP contribution in [0.3, 0.4) is 0 Å². The lowest BCUT2D eigenvalue weighted by atomic mass is 10.2. The molecule has 13 heavy (non-hydrogen) atoms. The lowest BCUT2D eigenvalue weighted by Gasteiger charge is -2.07. The van der Waals surface area contributed by atoms with Gasteiger partial charge in [-0.15, -0.1) is 23.4 Å². The summed E-state index contributed by atoms with van der Waals surface area (Å²) in [4.78, 5) is 1.01. The zero-order chi connectivity index (χ0) is 9.68. The van der Waals surface area contributed by atoms with Gasteiger partial charge in [0.05, 0.1) is 5.56 Å². The minimum atomic E-state index is 0.344. The van der Waals surface area contributed by atoms with Crippen LogP contribution in [0.4, 0.5) is 0 Å². The van der Waals surface area contributed by atoms with Crippen LogP contribution in [0, 0.1) is 11.3 Å². The van der Waals surface area contributed by atoms with Gasteiger partial charge in [-0.3, -0.25) is 0 Å². The summed E-state index contributed by atoms with van der Waals surface area (Å²) in [5.41, 5.74) is 0.726. The molecule has 1 nitrogen and oxygen atoms in total. The van der Waals surface area contributed by atoms with E-state index in [1.807, 2.05) is 31.2 Å². The van der Waals surface area contributed by atoms with E-state index in [1.54, 1.807) is 11.8 Å². The Bertz CT molecular complexity index is 319. The second-order valence-corrected chi connectivity index (χ2v) is 4.48. The Labute approximate surface area is 87.7 Å². The van der Waals surface area contributed by atoms with Crippen LogP contribution in [-0.4, -0.2) is 11.1 Å². The van der Waals surface area contributed by atoms with Crippen LogP contribution in [0.2, 0.25) is 0 Å². The molecule has 0 saturated carbocycles. The molecule has 1 rings (SSSR count). The first-order chi connectivity index (χ1) is 6.27. The number of rotatable bonds is 3. The lowest BCUT2D eigenvalue weighted by Crippen LogP contribution is -1.97. The van der Waals surface area contributed by atoms with Crippen molar-refractivity contribution in [2.45, 2.75) is 17.1 Å². The molecule has 0 aliphatic rings. The van der Waals surface area contributed by atoms with Crippen molar-refractivity contribution in [1.82, 2.24) is 0 Å². The maximum absolute atomic E-state index is 8.81. The Morgan fingerprint density at radius 2 is 2.23 bits per heavy atom. The number of alkyl halides is 1. The fourth-order valence-corrected chi connectivity index (χ4v) is 1.99. The molecule has 0 heterocycles. The first-order valence-electron chi connectivity index (χ1n) is 3.99. The van der Waals surface area contributed by atoms with E-state index >= 15 is 0 Å². The van der Waals surface area contributed by atoms with E-state index in [0.29, 0.717) is 11.1 Å². The molecule has 0 N–H and O–H groups in total. The van der Waals surface area contributed by atoms with Crippen molar-refractivity contribution in [3.63, 3.8) is 0 Å². The van der Waals surface area contributed by atoms with Gasteiger partial charge in [-0.25, -0.2) is 0 Å². The largest absolute Gasteiger partial charge is 0.192 e. The molecule has 0 bridgehead atoms. The predicted octanol–water partition coefficient (Wildman–Crippen LogP) is 3.28. The Hall–Kier alpha value is -0.650. The van der Waals surface area contributed by atoms with E-state index in [0.717, 1.165) is 10.5 Å². The van der Waals surface area contributed by atoms with Gasteiger partial charge in [-0.05, 0) is 12.1 Å². The molecular weight excluding hydrogens is 202 g/mol. The Morgan fingerprint density at radius 3 is 2.85 bits per heavy atom. The average molecular weight is 212 g/mol. The van der Waals surface area contributed by atoms with Crippen molar-refractivity contribution in [1.29, 1.82) is 5.26 Å². The number of hydrogen-bond donors (Lipinski definition) is 0. The van der Waals surface area contributed by atoms with Crippen LogP contribution < -0.4 is 0 Å². The summed E-state index contributed by atoms with van der Waals surface area (Å²) in [5.74, 6) is 0.602. The van der Waals surface area contributed by atoms with Gasteiger partial charge in [0, 0.05) is 16.0 Å². The summed E-state index contributed by atoms with van der Waals surface area (Å²) in [5, 5.41) is 9.15. The smallest absolute Gasteiger partial charge is 0.100 e. The molecule has 0 aliphatic carbocycles. The SMILES string of the molecule is CC(CCl)Sc1ccccc1C#N. The van der Waals surface area contributed by atoms with Crippen molar-refractivity contribution in [3.05, 3.63) is 29.8 Å². The number of benzene rings is 1. The van der Waals surface area contributed by atoms with E-state index in [4.69, 9.17) is 16.9 Å². The summed E-state index contributed by atoms with van der Waals surface area (Å²) >= 11 is 7.33. The first-order valence-corrected chi connectivity index (χ1v) is 5.41. The zero-order valence-corrected chi connectivity index (χ0v) is 8.90. The molecule has 0 saturated heterocycles. The summed E-state index contributed by atoms with van der Waals surface area (Å²) in [7, 11) is 0. The highest BCUT2D eigenvalue weighted by atomic mass is 35.5. The van der Waals surface area contributed by atoms with Crippen LogP contribution in [0.15, 0.2) is 29.2 Å². The van der Waals surface area contributed by atoms with E-state index in [-0.39, 0.29) is 0 Å². The fourth-order valence-electron chi connectivity index (χ4n) is 0.910. The molecule has 1 atom stereocenters. The molecular formula is C10H10ClNS. The first kappa shape index (κ1) is 10.4. The van der Waals surface area contributed by atoms with E-state index in [1.165, 1.54) is 0 Å². The van der Waals surface area contributed by atoms with Crippen LogP contribution in [0.25, 0.3) is 0 Å². The minimum Gasteiger partial charge on any atom is -0.192 e. The highest BCUT2D eigenvalue weighted by Gasteiger charge is 2.06. The third-order valence-corrected chi connectivity index (χ3v) is 3.38. The van der Waals surface area contributed by atoms with Crippen molar-refractivity contribution in [3.8, 4) is 6.07 Å². The second kappa shape index (κ2) is 5.16. The molecule has 1 aromatic carbocycles. The third-order valence-electron chi connectivity index (χ3n) is 1.55. The summed E-state index contributed by atoms with van der Waals surface area (Å²) < 4.78 is 0. The van der Waals surface area contributed by atoms with Crippen molar-refractivity contribution in [2.24, 2.45) is 0 Å². The van der Waals surface area contributed by atoms with Crippen molar-refractivity contribution < 1.29 is 0 Å². The summed E-state index contributed by atoms with van der Waals surface area (Å²) in [6.45, 7) is 2.05. The van der Waals surface area contributed by atoms with E-state index in [9.17, 15) is 0 Å². The molecule has 1 unspecified atom stereocenters. The third kappa shape index (κ3) is 2.95. The van der Waals surface area contributed by atoms with Crippen LogP contribution in [-0.2, 0) is 0 Å². The highest BCUT2D eigenvalue weighted by Crippen LogP contribution is 2.26. The van der Waals surface area contributed by atoms with Crippen LogP contribution in [0.5, 0.6) is 0 Å².